The van der Waals surface area contributed by atoms with Crippen LogP contribution in [0.1, 0.15) is 35.3 Å². The SMILES string of the molecule is CCOC(=O)C1=C(CN2CCCN(C(=O)c3ccccc3)CC2)N(C)C(=O)NC1c1cccc(F)c1. The van der Waals surface area contributed by atoms with Gasteiger partial charge in [0.05, 0.1) is 18.2 Å². The van der Waals surface area contributed by atoms with Gasteiger partial charge in [-0.3, -0.25) is 14.6 Å². The van der Waals surface area contributed by atoms with E-state index in [1.165, 1.54) is 17.0 Å². The van der Waals surface area contributed by atoms with Gasteiger partial charge in [-0.1, -0.05) is 30.3 Å². The van der Waals surface area contributed by atoms with Gasteiger partial charge in [-0.05, 0) is 43.2 Å². The highest BCUT2D eigenvalue weighted by atomic mass is 19.1. The Balaban J connectivity index is 1.60. The van der Waals surface area contributed by atoms with Crippen LogP contribution in [-0.4, -0.2) is 79.0 Å². The number of carbonyl (C=O) groups is 3. The molecular formula is C27H31FN4O4. The highest BCUT2D eigenvalue weighted by Crippen LogP contribution is 2.32. The van der Waals surface area contributed by atoms with Gasteiger partial charge in [0, 0.05) is 51.0 Å². The summed E-state index contributed by atoms with van der Waals surface area (Å²) in [6.07, 6.45) is 0.754. The molecule has 2 aromatic rings. The minimum atomic E-state index is -0.832. The van der Waals surface area contributed by atoms with Crippen LogP contribution in [0.4, 0.5) is 9.18 Å². The first-order valence-electron chi connectivity index (χ1n) is 12.2. The second kappa shape index (κ2) is 11.3. The maximum absolute atomic E-state index is 14.0. The van der Waals surface area contributed by atoms with Crippen LogP contribution in [0.2, 0.25) is 0 Å². The van der Waals surface area contributed by atoms with Crippen LogP contribution in [0.15, 0.2) is 65.9 Å². The average molecular weight is 495 g/mol. The molecule has 1 saturated heterocycles. The molecule has 8 nitrogen and oxygen atoms in total. The normalized spacial score (nSPS) is 19.1. The molecule has 2 aromatic carbocycles. The Labute approximate surface area is 210 Å². The summed E-state index contributed by atoms with van der Waals surface area (Å²) < 4.78 is 19.4. The molecule has 0 spiro atoms. The molecule has 2 aliphatic heterocycles. The number of likely N-dealkylation sites (N-methyl/N-ethyl adjacent to an activating group) is 1. The van der Waals surface area contributed by atoms with Gasteiger partial charge in [0.15, 0.2) is 0 Å². The summed E-state index contributed by atoms with van der Waals surface area (Å²) in [6.45, 7) is 4.63. The molecule has 1 atom stereocenters. The Kier molecular flexibility index (Phi) is 8.00. The zero-order chi connectivity index (χ0) is 25.7. The predicted molar refractivity (Wildman–Crippen MR) is 132 cm³/mol. The molecule has 4 rings (SSSR count). The molecule has 36 heavy (non-hydrogen) atoms. The quantitative estimate of drug-likeness (QED) is 0.624. The third-order valence-corrected chi connectivity index (χ3v) is 6.52. The van der Waals surface area contributed by atoms with Gasteiger partial charge in [0.25, 0.3) is 5.91 Å². The number of ether oxygens (including phenoxy) is 1. The van der Waals surface area contributed by atoms with Crippen molar-refractivity contribution in [1.82, 2.24) is 20.0 Å². The van der Waals surface area contributed by atoms with Crippen LogP contribution in [-0.2, 0) is 9.53 Å². The standard InChI is InChI=1S/C27H31FN4O4/c1-3-36-26(34)23-22(30(2)27(35)29-24(23)20-11-7-12-21(28)17-20)18-31-13-8-14-32(16-15-31)25(33)19-9-5-4-6-10-19/h4-7,9-12,17,24H,3,8,13-16,18H2,1-2H3,(H,29,35). The van der Waals surface area contributed by atoms with Crippen molar-refractivity contribution in [3.8, 4) is 0 Å². The summed E-state index contributed by atoms with van der Waals surface area (Å²) in [5, 5.41) is 2.81. The van der Waals surface area contributed by atoms with Crippen LogP contribution < -0.4 is 5.32 Å². The number of hydrogen-bond donors (Lipinski definition) is 1. The summed E-state index contributed by atoms with van der Waals surface area (Å²) in [4.78, 5) is 44.3. The molecule has 0 bridgehead atoms. The van der Waals surface area contributed by atoms with Crippen LogP contribution in [0.25, 0.3) is 0 Å². The van der Waals surface area contributed by atoms with E-state index < -0.39 is 17.8 Å². The molecule has 1 fully saturated rings. The van der Waals surface area contributed by atoms with Crippen molar-refractivity contribution >= 4 is 17.9 Å². The van der Waals surface area contributed by atoms with E-state index in [2.05, 4.69) is 10.2 Å². The van der Waals surface area contributed by atoms with Crippen molar-refractivity contribution in [2.75, 3.05) is 46.4 Å². The summed E-state index contributed by atoms with van der Waals surface area (Å²) in [7, 11) is 1.61. The Morgan fingerprint density at radius 2 is 1.83 bits per heavy atom. The fourth-order valence-electron chi connectivity index (χ4n) is 4.64. The van der Waals surface area contributed by atoms with E-state index in [1.54, 1.807) is 26.1 Å². The van der Waals surface area contributed by atoms with Crippen molar-refractivity contribution in [2.24, 2.45) is 0 Å². The molecule has 0 aromatic heterocycles. The smallest absolute Gasteiger partial charge is 0.338 e. The maximum atomic E-state index is 14.0. The molecule has 2 aliphatic rings. The lowest BCUT2D eigenvalue weighted by atomic mass is 9.94. The van der Waals surface area contributed by atoms with Crippen LogP contribution in [0.3, 0.4) is 0 Å². The summed E-state index contributed by atoms with van der Waals surface area (Å²) in [6, 6.07) is 13.8. The molecule has 9 heteroatoms. The Hall–Kier alpha value is -3.72. The third kappa shape index (κ3) is 5.57. The van der Waals surface area contributed by atoms with E-state index in [9.17, 15) is 18.8 Å². The number of amides is 3. The maximum Gasteiger partial charge on any atom is 0.338 e. The summed E-state index contributed by atoms with van der Waals surface area (Å²) in [5.41, 5.74) is 1.91. The number of urea groups is 1. The monoisotopic (exact) mass is 494 g/mol. The topological polar surface area (TPSA) is 82.2 Å². The Morgan fingerprint density at radius 3 is 2.56 bits per heavy atom. The molecule has 2 heterocycles. The molecule has 0 radical (unpaired) electrons. The van der Waals surface area contributed by atoms with Crippen LogP contribution >= 0.6 is 0 Å². The van der Waals surface area contributed by atoms with E-state index in [0.29, 0.717) is 49.5 Å². The lowest BCUT2D eigenvalue weighted by Gasteiger charge is -2.36. The molecular weight excluding hydrogens is 463 g/mol. The van der Waals surface area contributed by atoms with Crippen molar-refractivity contribution < 1.29 is 23.5 Å². The lowest BCUT2D eigenvalue weighted by Crippen LogP contribution is -2.49. The van der Waals surface area contributed by atoms with Gasteiger partial charge < -0.3 is 15.0 Å². The number of carbonyl (C=O) groups excluding carboxylic acids is 3. The van der Waals surface area contributed by atoms with E-state index in [1.807, 2.05) is 35.2 Å². The van der Waals surface area contributed by atoms with Gasteiger partial charge >= 0.3 is 12.0 Å². The van der Waals surface area contributed by atoms with Gasteiger partial charge in [0.2, 0.25) is 0 Å². The second-order valence-corrected chi connectivity index (χ2v) is 8.87. The molecule has 1 unspecified atom stereocenters. The fraction of sp³-hybridized carbons (Fsp3) is 0.370. The van der Waals surface area contributed by atoms with Crippen molar-refractivity contribution in [1.29, 1.82) is 0 Å². The summed E-state index contributed by atoms with van der Waals surface area (Å²) in [5.74, 6) is -1.02. The van der Waals surface area contributed by atoms with E-state index in [0.717, 1.165) is 6.42 Å². The molecule has 3 amide bonds. The zero-order valence-corrected chi connectivity index (χ0v) is 20.6. The lowest BCUT2D eigenvalue weighted by molar-refractivity contribution is -0.139. The number of hydrogen-bond acceptors (Lipinski definition) is 5. The predicted octanol–water partition coefficient (Wildman–Crippen LogP) is 3.19. The minimum absolute atomic E-state index is 0.00999. The van der Waals surface area contributed by atoms with Crippen molar-refractivity contribution in [2.45, 2.75) is 19.4 Å². The van der Waals surface area contributed by atoms with Crippen LogP contribution in [0.5, 0.6) is 0 Å². The highest BCUT2D eigenvalue weighted by Gasteiger charge is 2.37. The molecule has 190 valence electrons. The Morgan fingerprint density at radius 1 is 1.06 bits per heavy atom. The second-order valence-electron chi connectivity index (χ2n) is 8.87. The van der Waals surface area contributed by atoms with Gasteiger partial charge in [-0.2, -0.15) is 0 Å². The first-order valence-corrected chi connectivity index (χ1v) is 12.2. The first-order chi connectivity index (χ1) is 17.4. The number of halogens is 1. The highest BCUT2D eigenvalue weighted by molar-refractivity contribution is 5.95. The van der Waals surface area contributed by atoms with Gasteiger partial charge in [-0.25, -0.2) is 14.0 Å². The molecule has 0 saturated carbocycles. The fourth-order valence-corrected chi connectivity index (χ4v) is 4.64. The zero-order valence-electron chi connectivity index (χ0n) is 20.6. The van der Waals surface area contributed by atoms with Gasteiger partial charge in [-0.15, -0.1) is 0 Å². The largest absolute Gasteiger partial charge is 0.463 e. The van der Waals surface area contributed by atoms with Crippen LogP contribution in [0, 0.1) is 5.82 Å². The molecule has 1 N–H and O–H groups in total. The minimum Gasteiger partial charge on any atom is -0.463 e. The third-order valence-electron chi connectivity index (χ3n) is 6.52. The van der Waals surface area contributed by atoms with Gasteiger partial charge in [0.1, 0.15) is 5.82 Å². The van der Waals surface area contributed by atoms with E-state index >= 15 is 0 Å². The van der Waals surface area contributed by atoms with E-state index in [4.69, 9.17) is 4.74 Å². The molecule has 0 aliphatic carbocycles. The Bertz CT molecular complexity index is 1150. The number of nitrogens with one attached hydrogen (secondary N) is 1. The van der Waals surface area contributed by atoms with Crippen molar-refractivity contribution in [3.05, 3.63) is 82.8 Å². The number of nitrogens with zero attached hydrogens (tertiary/aromatic N) is 3. The number of rotatable bonds is 6. The average Bonchev–Trinajstić information content (AvgIpc) is 3.12. The first kappa shape index (κ1) is 25.4. The van der Waals surface area contributed by atoms with Crippen molar-refractivity contribution in [3.63, 3.8) is 0 Å². The number of benzene rings is 2. The summed E-state index contributed by atoms with van der Waals surface area (Å²) >= 11 is 0. The number of esters is 1. The van der Waals surface area contributed by atoms with E-state index in [-0.39, 0.29) is 24.1 Å².